The van der Waals surface area contributed by atoms with Crippen LogP contribution in [0.1, 0.15) is 22.8 Å². The summed E-state index contributed by atoms with van der Waals surface area (Å²) in [5.74, 6) is 2.04. The maximum atomic E-state index is 5.41. The van der Waals surface area contributed by atoms with Crippen molar-refractivity contribution in [3.05, 3.63) is 47.0 Å². The quantitative estimate of drug-likeness (QED) is 0.909. The van der Waals surface area contributed by atoms with E-state index in [1.54, 1.807) is 7.11 Å². The van der Waals surface area contributed by atoms with Crippen molar-refractivity contribution in [3.8, 4) is 5.75 Å². The van der Waals surface area contributed by atoms with Gasteiger partial charge in [-0.1, -0.05) is 18.2 Å². The maximum Gasteiger partial charge on any atom is 0.122 e. The molecule has 0 saturated heterocycles. The number of ether oxygens (including phenoxy) is 1. The normalized spacial score (nSPS) is 14.2. The summed E-state index contributed by atoms with van der Waals surface area (Å²) in [4.78, 5) is 4.77. The van der Waals surface area contributed by atoms with Crippen LogP contribution in [0.5, 0.6) is 5.75 Å². The number of aromatic nitrogens is 2. The Labute approximate surface area is 113 Å². The second kappa shape index (κ2) is 5.05. The van der Waals surface area contributed by atoms with Crippen LogP contribution in [0.2, 0.25) is 0 Å². The Morgan fingerprint density at radius 1 is 1.37 bits per heavy atom. The molecule has 2 aromatic rings. The van der Waals surface area contributed by atoms with Gasteiger partial charge in [-0.3, -0.25) is 0 Å². The summed E-state index contributed by atoms with van der Waals surface area (Å²) in [5, 5.41) is 3.37. The molecule has 0 radical (unpaired) electrons. The minimum atomic E-state index is 0.813. The lowest BCUT2D eigenvalue weighted by molar-refractivity contribution is 0.410. The summed E-state index contributed by atoms with van der Waals surface area (Å²) in [6.07, 6.45) is 1.87. The van der Waals surface area contributed by atoms with Gasteiger partial charge in [0.05, 0.1) is 12.8 Å². The SMILES string of the molecule is COc1ccccc1Cc1nc2c(n1C)CCNC2. The molecule has 4 heteroatoms. The molecule has 0 amide bonds. The van der Waals surface area contributed by atoms with Gasteiger partial charge in [0.25, 0.3) is 0 Å². The Balaban J connectivity index is 1.93. The topological polar surface area (TPSA) is 39.1 Å². The van der Waals surface area contributed by atoms with Crippen LogP contribution in [0.15, 0.2) is 24.3 Å². The van der Waals surface area contributed by atoms with Gasteiger partial charge in [-0.2, -0.15) is 0 Å². The van der Waals surface area contributed by atoms with E-state index in [0.717, 1.165) is 37.5 Å². The van der Waals surface area contributed by atoms with Crippen LogP contribution in [0, 0.1) is 0 Å². The molecule has 0 fully saturated rings. The second-order valence-electron chi connectivity index (χ2n) is 4.90. The summed E-state index contributed by atoms with van der Waals surface area (Å²) in [6.45, 7) is 1.93. The van der Waals surface area contributed by atoms with E-state index in [9.17, 15) is 0 Å². The molecule has 0 unspecified atom stereocenters. The fourth-order valence-electron chi connectivity index (χ4n) is 2.69. The molecule has 1 aliphatic rings. The minimum Gasteiger partial charge on any atom is -0.496 e. The van der Waals surface area contributed by atoms with E-state index in [1.807, 2.05) is 18.2 Å². The van der Waals surface area contributed by atoms with Gasteiger partial charge in [-0.05, 0) is 6.07 Å². The van der Waals surface area contributed by atoms with E-state index in [0.29, 0.717) is 0 Å². The number of imidazole rings is 1. The number of benzene rings is 1. The highest BCUT2D eigenvalue weighted by molar-refractivity contribution is 5.36. The van der Waals surface area contributed by atoms with Gasteiger partial charge >= 0.3 is 0 Å². The molecule has 0 bridgehead atoms. The minimum absolute atomic E-state index is 0.813. The average molecular weight is 257 g/mol. The zero-order valence-electron chi connectivity index (χ0n) is 11.4. The van der Waals surface area contributed by atoms with E-state index < -0.39 is 0 Å². The maximum absolute atomic E-state index is 5.41. The van der Waals surface area contributed by atoms with E-state index in [-0.39, 0.29) is 0 Å². The number of methoxy groups -OCH3 is 1. The summed E-state index contributed by atoms with van der Waals surface area (Å²) in [5.41, 5.74) is 3.74. The highest BCUT2D eigenvalue weighted by Crippen LogP contribution is 2.22. The largest absolute Gasteiger partial charge is 0.496 e. The first-order valence-corrected chi connectivity index (χ1v) is 6.65. The molecule has 0 atom stereocenters. The molecule has 0 spiro atoms. The first-order valence-electron chi connectivity index (χ1n) is 6.65. The molecule has 3 rings (SSSR count). The second-order valence-corrected chi connectivity index (χ2v) is 4.90. The van der Waals surface area contributed by atoms with Gasteiger partial charge in [0.2, 0.25) is 0 Å². The van der Waals surface area contributed by atoms with Crippen molar-refractivity contribution in [3.63, 3.8) is 0 Å². The molecule has 2 heterocycles. The summed E-state index contributed by atoms with van der Waals surface area (Å²) < 4.78 is 7.65. The first kappa shape index (κ1) is 12.2. The van der Waals surface area contributed by atoms with Crippen LogP contribution in [-0.2, 0) is 26.4 Å². The molecule has 1 aromatic carbocycles. The number of nitrogens with zero attached hydrogens (tertiary/aromatic N) is 2. The Hall–Kier alpha value is -1.81. The third-order valence-corrected chi connectivity index (χ3v) is 3.76. The molecule has 1 aromatic heterocycles. The standard InChI is InChI=1S/C15H19N3O/c1-18-13-7-8-16-10-12(13)17-15(18)9-11-5-3-4-6-14(11)19-2/h3-6,16H,7-10H2,1-2H3. The monoisotopic (exact) mass is 257 g/mol. The van der Waals surface area contributed by atoms with Crippen LogP contribution < -0.4 is 10.1 Å². The highest BCUT2D eigenvalue weighted by Gasteiger charge is 2.18. The van der Waals surface area contributed by atoms with Crippen molar-refractivity contribution >= 4 is 0 Å². The van der Waals surface area contributed by atoms with Gasteiger partial charge in [-0.25, -0.2) is 4.98 Å². The van der Waals surface area contributed by atoms with E-state index in [4.69, 9.17) is 9.72 Å². The van der Waals surface area contributed by atoms with Crippen LogP contribution in [-0.4, -0.2) is 23.2 Å². The van der Waals surface area contributed by atoms with Crippen LogP contribution in [0.25, 0.3) is 0 Å². The van der Waals surface area contributed by atoms with Gasteiger partial charge in [0, 0.05) is 44.2 Å². The lowest BCUT2D eigenvalue weighted by Crippen LogP contribution is -2.24. The molecule has 19 heavy (non-hydrogen) atoms. The van der Waals surface area contributed by atoms with Gasteiger partial charge < -0.3 is 14.6 Å². The number of nitrogens with one attached hydrogen (secondary N) is 1. The van der Waals surface area contributed by atoms with E-state index in [2.05, 4.69) is 23.0 Å². The summed E-state index contributed by atoms with van der Waals surface area (Å²) in [7, 11) is 3.83. The zero-order valence-corrected chi connectivity index (χ0v) is 11.4. The fraction of sp³-hybridized carbons (Fsp3) is 0.400. The number of hydrogen-bond acceptors (Lipinski definition) is 3. The van der Waals surface area contributed by atoms with Crippen molar-refractivity contribution in [1.82, 2.24) is 14.9 Å². The molecule has 0 saturated carbocycles. The molecule has 4 nitrogen and oxygen atoms in total. The lowest BCUT2D eigenvalue weighted by Gasteiger charge is -2.13. The molecule has 100 valence electrons. The molecular weight excluding hydrogens is 238 g/mol. The number of hydrogen-bond donors (Lipinski definition) is 1. The predicted molar refractivity (Wildman–Crippen MR) is 74.4 cm³/mol. The van der Waals surface area contributed by atoms with Crippen LogP contribution in [0.4, 0.5) is 0 Å². The van der Waals surface area contributed by atoms with Crippen LogP contribution in [0.3, 0.4) is 0 Å². The van der Waals surface area contributed by atoms with Crippen molar-refractivity contribution in [2.75, 3.05) is 13.7 Å². The van der Waals surface area contributed by atoms with Crippen molar-refractivity contribution < 1.29 is 4.74 Å². The zero-order chi connectivity index (χ0) is 13.2. The lowest BCUT2D eigenvalue weighted by atomic mass is 10.1. The van der Waals surface area contributed by atoms with Crippen molar-refractivity contribution in [2.24, 2.45) is 7.05 Å². The first-order chi connectivity index (χ1) is 9.29. The Morgan fingerprint density at radius 3 is 3.00 bits per heavy atom. The van der Waals surface area contributed by atoms with Gasteiger partial charge in [-0.15, -0.1) is 0 Å². The third kappa shape index (κ3) is 2.24. The van der Waals surface area contributed by atoms with E-state index >= 15 is 0 Å². The molecule has 1 aliphatic heterocycles. The highest BCUT2D eigenvalue weighted by atomic mass is 16.5. The smallest absolute Gasteiger partial charge is 0.122 e. The number of fused-ring (bicyclic) bond motifs is 1. The van der Waals surface area contributed by atoms with Crippen molar-refractivity contribution in [1.29, 1.82) is 0 Å². The average Bonchev–Trinajstić information content (AvgIpc) is 2.77. The number of para-hydroxylation sites is 1. The van der Waals surface area contributed by atoms with Crippen molar-refractivity contribution in [2.45, 2.75) is 19.4 Å². The summed E-state index contributed by atoms with van der Waals surface area (Å²) in [6, 6.07) is 8.14. The van der Waals surface area contributed by atoms with Crippen LogP contribution >= 0.6 is 0 Å². The fourth-order valence-corrected chi connectivity index (χ4v) is 2.69. The molecule has 1 N–H and O–H groups in total. The Morgan fingerprint density at radius 2 is 2.21 bits per heavy atom. The van der Waals surface area contributed by atoms with Gasteiger partial charge in [0.15, 0.2) is 0 Å². The molecular formula is C15H19N3O. The number of rotatable bonds is 3. The third-order valence-electron chi connectivity index (χ3n) is 3.76. The Bertz CT molecular complexity index is 589. The Kier molecular flexibility index (Phi) is 3.25. The summed E-state index contributed by atoms with van der Waals surface area (Å²) >= 11 is 0. The molecule has 0 aliphatic carbocycles. The van der Waals surface area contributed by atoms with E-state index in [1.165, 1.54) is 17.0 Å². The predicted octanol–water partition coefficient (Wildman–Crippen LogP) is 1.67. The van der Waals surface area contributed by atoms with Gasteiger partial charge in [0.1, 0.15) is 11.6 Å².